The summed E-state index contributed by atoms with van der Waals surface area (Å²) in [6, 6.07) is 31.4. The van der Waals surface area contributed by atoms with Crippen molar-refractivity contribution < 1.29 is 26.2 Å². The first-order chi connectivity index (χ1) is 13.4. The molecule has 138 valence electrons. The van der Waals surface area contributed by atoms with Gasteiger partial charge in [0.25, 0.3) is 0 Å². The Morgan fingerprint density at radius 1 is 0.679 bits per heavy atom. The molecule has 0 amide bonds. The van der Waals surface area contributed by atoms with Crippen molar-refractivity contribution in [2.45, 2.75) is 38.0 Å². The van der Waals surface area contributed by atoms with E-state index >= 15 is 0 Å². The van der Waals surface area contributed by atoms with Gasteiger partial charge in [-0.25, -0.2) is 0 Å². The van der Waals surface area contributed by atoms with Crippen LogP contribution >= 0.6 is 0 Å². The molecule has 0 spiro atoms. The standard InChI is InChI=1S/C27H25.Zr/c1-3-8-20(9-4-1)22-14-16-23(17-15-22)26-13-7-12-24-18-25(19-27(24)26)21-10-5-2-6-11-21;/h2,5-7,10-20H,1,3-4,8-9H2;/q-1;. The summed E-state index contributed by atoms with van der Waals surface area (Å²) in [6.07, 6.45) is 6.91. The fraction of sp³-hybridized carbons (Fsp3) is 0.222. The predicted octanol–water partition coefficient (Wildman–Crippen LogP) is 7.94. The number of fused-ring (bicyclic) bond motifs is 1. The number of benzene rings is 3. The molecule has 0 atom stereocenters. The summed E-state index contributed by atoms with van der Waals surface area (Å²) in [5.74, 6) is 0.771. The molecule has 0 saturated heterocycles. The van der Waals surface area contributed by atoms with Crippen molar-refractivity contribution in [1.82, 2.24) is 0 Å². The zero-order valence-electron chi connectivity index (χ0n) is 16.2. The Morgan fingerprint density at radius 3 is 2.18 bits per heavy atom. The van der Waals surface area contributed by atoms with E-state index < -0.39 is 0 Å². The zero-order chi connectivity index (χ0) is 18.1. The SMILES string of the molecule is [Zr].c1ccc(-c2cc3c(-c4ccc(C5CCCCC5)cc4)cccc3[cH-]2)cc1. The van der Waals surface area contributed by atoms with Gasteiger partial charge >= 0.3 is 0 Å². The molecular formula is C27H25Zr-. The van der Waals surface area contributed by atoms with E-state index in [1.165, 1.54) is 70.7 Å². The van der Waals surface area contributed by atoms with E-state index in [2.05, 4.69) is 84.9 Å². The van der Waals surface area contributed by atoms with Crippen LogP contribution in [0.2, 0.25) is 0 Å². The summed E-state index contributed by atoms with van der Waals surface area (Å²) >= 11 is 0. The molecule has 0 bridgehead atoms. The van der Waals surface area contributed by atoms with Gasteiger partial charge in [0, 0.05) is 26.2 Å². The minimum atomic E-state index is 0. The van der Waals surface area contributed by atoms with Crippen LogP contribution in [0.15, 0.2) is 84.9 Å². The van der Waals surface area contributed by atoms with E-state index in [0.717, 1.165) is 5.92 Å². The second-order valence-electron chi connectivity index (χ2n) is 7.88. The van der Waals surface area contributed by atoms with E-state index in [9.17, 15) is 0 Å². The Hall–Kier alpha value is -1.85. The molecule has 1 fully saturated rings. The van der Waals surface area contributed by atoms with E-state index in [0.29, 0.717) is 0 Å². The van der Waals surface area contributed by atoms with Crippen LogP contribution in [0.3, 0.4) is 0 Å². The second kappa shape index (κ2) is 8.66. The molecule has 0 nitrogen and oxygen atoms in total. The molecule has 0 aromatic heterocycles. The van der Waals surface area contributed by atoms with Crippen LogP contribution in [-0.2, 0) is 26.2 Å². The second-order valence-corrected chi connectivity index (χ2v) is 7.88. The summed E-state index contributed by atoms with van der Waals surface area (Å²) in [6.45, 7) is 0. The van der Waals surface area contributed by atoms with Gasteiger partial charge in [-0.15, -0.1) is 34.5 Å². The molecule has 4 aromatic rings. The Morgan fingerprint density at radius 2 is 1.43 bits per heavy atom. The molecule has 0 heterocycles. The summed E-state index contributed by atoms with van der Waals surface area (Å²) < 4.78 is 0. The fourth-order valence-electron chi connectivity index (χ4n) is 4.65. The minimum Gasteiger partial charge on any atom is -0.144 e. The maximum Gasteiger partial charge on any atom is 0 e. The van der Waals surface area contributed by atoms with E-state index in [4.69, 9.17) is 0 Å². The van der Waals surface area contributed by atoms with Crippen molar-refractivity contribution >= 4 is 10.8 Å². The summed E-state index contributed by atoms with van der Waals surface area (Å²) in [5, 5.41) is 2.67. The average molecular weight is 441 g/mol. The van der Waals surface area contributed by atoms with Gasteiger partial charge in [-0.05, 0) is 29.9 Å². The summed E-state index contributed by atoms with van der Waals surface area (Å²) in [4.78, 5) is 0. The Balaban J connectivity index is 0.00000192. The van der Waals surface area contributed by atoms with Crippen molar-refractivity contribution in [2.24, 2.45) is 0 Å². The third kappa shape index (κ3) is 3.83. The first-order valence-corrected chi connectivity index (χ1v) is 10.2. The molecule has 4 aromatic carbocycles. The summed E-state index contributed by atoms with van der Waals surface area (Å²) in [7, 11) is 0. The van der Waals surface area contributed by atoms with Crippen LogP contribution < -0.4 is 0 Å². The molecule has 0 aliphatic heterocycles. The van der Waals surface area contributed by atoms with Crippen molar-refractivity contribution in [3.05, 3.63) is 90.5 Å². The van der Waals surface area contributed by atoms with Crippen molar-refractivity contribution in [1.29, 1.82) is 0 Å². The first kappa shape index (κ1) is 19.5. The summed E-state index contributed by atoms with van der Waals surface area (Å²) in [5.41, 5.74) is 6.78. The third-order valence-electron chi connectivity index (χ3n) is 6.16. The van der Waals surface area contributed by atoms with Crippen LogP contribution in [0.5, 0.6) is 0 Å². The maximum absolute atomic E-state index is 2.37. The molecule has 1 heteroatoms. The monoisotopic (exact) mass is 439 g/mol. The molecule has 0 unspecified atom stereocenters. The smallest absolute Gasteiger partial charge is 0 e. The van der Waals surface area contributed by atoms with Gasteiger partial charge in [-0.3, -0.25) is 0 Å². The van der Waals surface area contributed by atoms with Gasteiger partial charge in [-0.1, -0.05) is 97.1 Å². The number of hydrogen-bond acceptors (Lipinski definition) is 0. The van der Waals surface area contributed by atoms with Gasteiger partial charge < -0.3 is 0 Å². The van der Waals surface area contributed by atoms with Crippen LogP contribution in [-0.4, -0.2) is 0 Å². The largest absolute Gasteiger partial charge is 0.144 e. The van der Waals surface area contributed by atoms with E-state index in [1.807, 2.05) is 0 Å². The van der Waals surface area contributed by atoms with Crippen molar-refractivity contribution in [3.8, 4) is 22.3 Å². The molecule has 5 rings (SSSR count). The maximum atomic E-state index is 2.37. The van der Waals surface area contributed by atoms with Gasteiger partial charge in [0.1, 0.15) is 0 Å². The fourth-order valence-corrected chi connectivity index (χ4v) is 4.65. The quantitative estimate of drug-likeness (QED) is 0.284. The predicted molar refractivity (Wildman–Crippen MR) is 116 cm³/mol. The molecular weight excluding hydrogens is 416 g/mol. The topological polar surface area (TPSA) is 0 Å². The van der Waals surface area contributed by atoms with Crippen molar-refractivity contribution in [2.75, 3.05) is 0 Å². The van der Waals surface area contributed by atoms with Crippen molar-refractivity contribution in [3.63, 3.8) is 0 Å². The molecule has 0 radical (unpaired) electrons. The van der Waals surface area contributed by atoms with Crippen LogP contribution in [0, 0.1) is 0 Å². The van der Waals surface area contributed by atoms with Gasteiger partial charge in [-0.2, -0.15) is 0 Å². The van der Waals surface area contributed by atoms with Gasteiger partial charge in [0.05, 0.1) is 0 Å². The number of hydrogen-bond donors (Lipinski definition) is 0. The molecule has 28 heavy (non-hydrogen) atoms. The normalized spacial score (nSPS) is 14.7. The minimum absolute atomic E-state index is 0. The molecule has 1 saturated carbocycles. The zero-order valence-corrected chi connectivity index (χ0v) is 18.7. The Labute approximate surface area is 187 Å². The Kier molecular flexibility index (Phi) is 6.02. The van der Waals surface area contributed by atoms with Crippen LogP contribution in [0.1, 0.15) is 43.6 Å². The van der Waals surface area contributed by atoms with Crippen LogP contribution in [0.4, 0.5) is 0 Å². The van der Waals surface area contributed by atoms with E-state index in [-0.39, 0.29) is 26.2 Å². The number of rotatable bonds is 3. The van der Waals surface area contributed by atoms with Gasteiger partial charge in [0.2, 0.25) is 0 Å². The van der Waals surface area contributed by atoms with E-state index in [1.54, 1.807) is 0 Å². The average Bonchev–Trinajstić information content (AvgIpc) is 3.20. The molecule has 0 N–H and O–H groups in total. The molecule has 1 aliphatic rings. The molecule has 1 aliphatic carbocycles. The Bertz CT molecular complexity index is 1030. The van der Waals surface area contributed by atoms with Gasteiger partial charge in [0.15, 0.2) is 0 Å². The third-order valence-corrected chi connectivity index (χ3v) is 6.16. The first-order valence-electron chi connectivity index (χ1n) is 10.2. The van der Waals surface area contributed by atoms with Crippen LogP contribution in [0.25, 0.3) is 33.0 Å².